The summed E-state index contributed by atoms with van der Waals surface area (Å²) in [7, 11) is 0. The fourth-order valence-electron chi connectivity index (χ4n) is 3.51. The summed E-state index contributed by atoms with van der Waals surface area (Å²) in [6, 6.07) is 0. The summed E-state index contributed by atoms with van der Waals surface area (Å²) in [5.74, 6) is 4.23. The van der Waals surface area contributed by atoms with E-state index in [-0.39, 0.29) is 0 Å². The summed E-state index contributed by atoms with van der Waals surface area (Å²) in [6.45, 7) is 4.90. The molecule has 0 amide bonds. The lowest BCUT2D eigenvalue weighted by Crippen LogP contribution is -2.11. The van der Waals surface area contributed by atoms with E-state index in [0.717, 1.165) is 23.7 Å². The van der Waals surface area contributed by atoms with Gasteiger partial charge in [-0.1, -0.05) is 39.5 Å². The summed E-state index contributed by atoms with van der Waals surface area (Å²) in [5.41, 5.74) is 0. The monoisotopic (exact) mass is 194 g/mol. The van der Waals surface area contributed by atoms with E-state index >= 15 is 0 Å². The Bertz CT molecular complexity index is 137. The first kappa shape index (κ1) is 10.5. The Hall–Kier alpha value is 0. The molecule has 0 heteroatoms. The van der Waals surface area contributed by atoms with Crippen molar-refractivity contribution in [3.8, 4) is 0 Å². The number of rotatable bonds is 0. The smallest absolute Gasteiger partial charge is 0.0386 e. The summed E-state index contributed by atoms with van der Waals surface area (Å²) in [5, 5.41) is 0. The van der Waals surface area contributed by atoms with Gasteiger partial charge >= 0.3 is 0 Å². The van der Waals surface area contributed by atoms with Crippen LogP contribution in [-0.2, 0) is 0 Å². The van der Waals surface area contributed by atoms with Gasteiger partial charge in [-0.15, -0.1) is 0 Å². The highest BCUT2D eigenvalue weighted by atomic mass is 14.3. The van der Waals surface area contributed by atoms with Crippen LogP contribution in [0.4, 0.5) is 0 Å². The lowest BCUT2D eigenvalue weighted by atomic mass is 9.84. The van der Waals surface area contributed by atoms with Crippen molar-refractivity contribution in [1.82, 2.24) is 0 Å². The largest absolute Gasteiger partial charge is 0.0625 e. The first-order valence-electron chi connectivity index (χ1n) is 6.75. The number of fused-ring (bicyclic) bond motifs is 1. The van der Waals surface area contributed by atoms with Crippen LogP contribution in [0.3, 0.4) is 0 Å². The number of hydrogen-bond donors (Lipinski definition) is 0. The Labute approximate surface area is 89.5 Å². The zero-order valence-corrected chi connectivity index (χ0v) is 9.97. The molecular weight excluding hydrogens is 168 g/mol. The molecule has 0 atom stereocenters. The first-order chi connectivity index (χ1) is 6.75. The normalized spacial score (nSPS) is 45.0. The minimum Gasteiger partial charge on any atom is -0.0625 e. The molecule has 82 valence electrons. The van der Waals surface area contributed by atoms with E-state index in [1.54, 1.807) is 25.7 Å². The second-order valence-corrected chi connectivity index (χ2v) is 6.04. The zero-order chi connectivity index (χ0) is 9.97. The van der Waals surface area contributed by atoms with E-state index in [1.165, 1.54) is 25.7 Å². The van der Waals surface area contributed by atoms with E-state index in [9.17, 15) is 0 Å². The van der Waals surface area contributed by atoms with Gasteiger partial charge < -0.3 is 0 Å². The van der Waals surface area contributed by atoms with Gasteiger partial charge in [0.15, 0.2) is 0 Å². The van der Waals surface area contributed by atoms with Crippen molar-refractivity contribution in [2.24, 2.45) is 23.7 Å². The molecule has 2 rings (SSSR count). The lowest BCUT2D eigenvalue weighted by Gasteiger charge is -2.21. The second kappa shape index (κ2) is 4.68. The minimum atomic E-state index is 1.01. The first-order valence-corrected chi connectivity index (χ1v) is 6.75. The molecule has 0 radical (unpaired) electrons. The molecule has 0 aromatic carbocycles. The summed E-state index contributed by atoms with van der Waals surface area (Å²) < 4.78 is 0. The van der Waals surface area contributed by atoms with Crippen LogP contribution in [0, 0.1) is 23.7 Å². The topological polar surface area (TPSA) is 0 Å². The molecule has 0 N–H and O–H groups in total. The van der Waals surface area contributed by atoms with Crippen LogP contribution in [0.1, 0.15) is 65.2 Å². The van der Waals surface area contributed by atoms with E-state index < -0.39 is 0 Å². The predicted molar refractivity (Wildman–Crippen MR) is 62.2 cm³/mol. The van der Waals surface area contributed by atoms with E-state index in [2.05, 4.69) is 13.8 Å². The fourth-order valence-corrected chi connectivity index (χ4v) is 3.51. The summed E-state index contributed by atoms with van der Waals surface area (Å²) in [6.07, 6.45) is 12.2. The third kappa shape index (κ3) is 2.52. The quantitative estimate of drug-likeness (QED) is 0.527. The molecule has 0 unspecified atom stereocenters. The molecule has 2 fully saturated rings. The predicted octanol–water partition coefficient (Wildman–Crippen LogP) is 4.64. The lowest BCUT2D eigenvalue weighted by molar-refractivity contribution is 0.295. The van der Waals surface area contributed by atoms with E-state index in [0.29, 0.717) is 0 Å². The van der Waals surface area contributed by atoms with Gasteiger partial charge in [-0.25, -0.2) is 0 Å². The van der Waals surface area contributed by atoms with Crippen molar-refractivity contribution in [2.75, 3.05) is 0 Å². The third-order valence-corrected chi connectivity index (χ3v) is 4.79. The second-order valence-electron chi connectivity index (χ2n) is 6.04. The molecule has 0 aliphatic heterocycles. The van der Waals surface area contributed by atoms with Crippen molar-refractivity contribution in [1.29, 1.82) is 0 Å². The van der Waals surface area contributed by atoms with Gasteiger partial charge in [0.2, 0.25) is 0 Å². The molecule has 2 aliphatic carbocycles. The summed E-state index contributed by atoms with van der Waals surface area (Å²) in [4.78, 5) is 0. The SMILES string of the molecule is CC1CCC2CCC(C)CCC2CC1. The molecule has 0 saturated heterocycles. The maximum absolute atomic E-state index is 2.45. The Morgan fingerprint density at radius 3 is 1.07 bits per heavy atom. The zero-order valence-electron chi connectivity index (χ0n) is 9.97. The van der Waals surface area contributed by atoms with E-state index in [4.69, 9.17) is 0 Å². The molecule has 2 saturated carbocycles. The molecule has 0 aromatic heterocycles. The standard InChI is InChI=1S/C14H26/c1-11-3-7-13-9-5-12(2)6-10-14(13)8-4-11/h11-14H,3-10H2,1-2H3. The van der Waals surface area contributed by atoms with Crippen LogP contribution >= 0.6 is 0 Å². The van der Waals surface area contributed by atoms with Gasteiger partial charge in [-0.2, -0.15) is 0 Å². The maximum atomic E-state index is 2.45. The van der Waals surface area contributed by atoms with Gasteiger partial charge in [0.1, 0.15) is 0 Å². The summed E-state index contributed by atoms with van der Waals surface area (Å²) >= 11 is 0. The molecule has 0 aromatic rings. The number of hydrogen-bond acceptors (Lipinski definition) is 0. The van der Waals surface area contributed by atoms with Gasteiger partial charge in [0.25, 0.3) is 0 Å². The van der Waals surface area contributed by atoms with Gasteiger partial charge in [-0.3, -0.25) is 0 Å². The average Bonchev–Trinajstić information content (AvgIpc) is 2.44. The van der Waals surface area contributed by atoms with Gasteiger partial charge in [0.05, 0.1) is 0 Å². The molecule has 0 spiro atoms. The van der Waals surface area contributed by atoms with Gasteiger partial charge in [-0.05, 0) is 49.4 Å². The third-order valence-electron chi connectivity index (χ3n) is 4.79. The van der Waals surface area contributed by atoms with Crippen molar-refractivity contribution in [3.63, 3.8) is 0 Å². The van der Waals surface area contributed by atoms with Crippen molar-refractivity contribution < 1.29 is 0 Å². The fraction of sp³-hybridized carbons (Fsp3) is 1.00. The van der Waals surface area contributed by atoms with Crippen LogP contribution < -0.4 is 0 Å². The molecule has 14 heavy (non-hydrogen) atoms. The molecule has 2 aliphatic rings. The molecular formula is C14H26. The molecule has 0 bridgehead atoms. The van der Waals surface area contributed by atoms with Crippen molar-refractivity contribution in [3.05, 3.63) is 0 Å². The highest BCUT2D eigenvalue weighted by molar-refractivity contribution is 4.80. The Balaban J connectivity index is 1.95. The average molecular weight is 194 g/mol. The minimum absolute atomic E-state index is 1.01. The van der Waals surface area contributed by atoms with Crippen LogP contribution in [-0.4, -0.2) is 0 Å². The molecule has 0 heterocycles. The highest BCUT2D eigenvalue weighted by Gasteiger charge is 2.28. The van der Waals surface area contributed by atoms with Gasteiger partial charge in [0, 0.05) is 0 Å². The van der Waals surface area contributed by atoms with Crippen LogP contribution in [0.5, 0.6) is 0 Å². The Kier molecular flexibility index (Phi) is 3.52. The van der Waals surface area contributed by atoms with Crippen LogP contribution in [0.25, 0.3) is 0 Å². The van der Waals surface area contributed by atoms with Crippen LogP contribution in [0.2, 0.25) is 0 Å². The van der Waals surface area contributed by atoms with Crippen LogP contribution in [0.15, 0.2) is 0 Å². The maximum Gasteiger partial charge on any atom is -0.0386 e. The van der Waals surface area contributed by atoms with E-state index in [1.807, 2.05) is 0 Å². The Morgan fingerprint density at radius 1 is 0.500 bits per heavy atom. The van der Waals surface area contributed by atoms with Crippen molar-refractivity contribution in [2.45, 2.75) is 65.2 Å². The molecule has 0 nitrogen and oxygen atoms in total. The Morgan fingerprint density at radius 2 is 0.786 bits per heavy atom. The highest BCUT2D eigenvalue weighted by Crippen LogP contribution is 2.40. The van der Waals surface area contributed by atoms with Crippen molar-refractivity contribution >= 4 is 0 Å².